The molecule has 20 heavy (non-hydrogen) atoms. The normalized spacial score (nSPS) is 15.8. The number of nitrogens with zero attached hydrogens (tertiary/aromatic N) is 1. The molecule has 1 aromatic carbocycles. The van der Waals surface area contributed by atoms with Crippen molar-refractivity contribution in [3.05, 3.63) is 29.3 Å². The van der Waals surface area contributed by atoms with E-state index in [-0.39, 0.29) is 17.9 Å². The summed E-state index contributed by atoms with van der Waals surface area (Å²) in [6, 6.07) is 5.00. The summed E-state index contributed by atoms with van der Waals surface area (Å²) in [6.07, 6.45) is -0.400. The van der Waals surface area contributed by atoms with Gasteiger partial charge in [0, 0.05) is 27.0 Å². The van der Waals surface area contributed by atoms with E-state index in [1.807, 2.05) is 6.92 Å². The maximum absolute atomic E-state index is 11.9. The Kier molecular flexibility index (Phi) is 4.06. The maximum atomic E-state index is 11.9. The minimum absolute atomic E-state index is 0.104. The van der Waals surface area contributed by atoms with Crippen LogP contribution in [0.4, 0.5) is 5.69 Å². The predicted octanol–water partition coefficient (Wildman–Crippen LogP) is 1.33. The quantitative estimate of drug-likeness (QED) is 0.650. The van der Waals surface area contributed by atoms with Gasteiger partial charge in [-0.15, -0.1) is 0 Å². The molecule has 108 valence electrons. The van der Waals surface area contributed by atoms with Gasteiger partial charge in [-0.1, -0.05) is 0 Å². The molecule has 0 bridgehead atoms. The molecule has 2 rings (SSSR count). The van der Waals surface area contributed by atoms with Gasteiger partial charge in [-0.05, 0) is 25.1 Å². The zero-order chi connectivity index (χ0) is 14.9. The van der Waals surface area contributed by atoms with E-state index in [1.54, 1.807) is 32.4 Å². The Morgan fingerprint density at radius 3 is 2.30 bits per heavy atom. The van der Waals surface area contributed by atoms with Gasteiger partial charge in [0.15, 0.2) is 6.29 Å². The number of carbonyl (C=O) groups is 2. The highest BCUT2D eigenvalue weighted by atomic mass is 16.7. The van der Waals surface area contributed by atoms with Crippen LogP contribution in [0.15, 0.2) is 18.2 Å². The standard InChI is InChI=1S/C14H18N2O4/c1-8(14(19-3)20-4)15-9-5-6-10-11(7-9)13(18)16(2)12(10)17/h5-8,14-15H,1-4H3. The second-order valence-electron chi connectivity index (χ2n) is 4.70. The lowest BCUT2D eigenvalue weighted by molar-refractivity contribution is -0.109. The van der Waals surface area contributed by atoms with Gasteiger partial charge in [-0.2, -0.15) is 0 Å². The molecular formula is C14H18N2O4. The number of hydrogen-bond acceptors (Lipinski definition) is 5. The minimum atomic E-state index is -0.400. The van der Waals surface area contributed by atoms with Crippen LogP contribution in [-0.2, 0) is 9.47 Å². The summed E-state index contributed by atoms with van der Waals surface area (Å²) in [7, 11) is 4.60. The monoisotopic (exact) mass is 278 g/mol. The van der Waals surface area contributed by atoms with Crippen LogP contribution in [0.5, 0.6) is 0 Å². The summed E-state index contributed by atoms with van der Waals surface area (Å²) >= 11 is 0. The molecule has 1 N–H and O–H groups in total. The average Bonchev–Trinajstić information content (AvgIpc) is 2.65. The first-order chi connectivity index (χ1) is 9.49. The molecule has 1 heterocycles. The van der Waals surface area contributed by atoms with E-state index in [0.717, 1.165) is 10.6 Å². The summed E-state index contributed by atoms with van der Waals surface area (Å²) in [5.74, 6) is -0.549. The third-order valence-corrected chi connectivity index (χ3v) is 3.36. The summed E-state index contributed by atoms with van der Waals surface area (Å²) in [5.41, 5.74) is 1.60. The van der Waals surface area contributed by atoms with Gasteiger partial charge < -0.3 is 14.8 Å². The van der Waals surface area contributed by atoms with E-state index in [9.17, 15) is 9.59 Å². The minimum Gasteiger partial charge on any atom is -0.377 e. The molecule has 0 fully saturated rings. The molecule has 0 saturated heterocycles. The van der Waals surface area contributed by atoms with Crippen LogP contribution >= 0.6 is 0 Å². The van der Waals surface area contributed by atoms with Crippen molar-refractivity contribution < 1.29 is 19.1 Å². The highest BCUT2D eigenvalue weighted by Gasteiger charge is 2.32. The van der Waals surface area contributed by atoms with Crippen LogP contribution < -0.4 is 5.32 Å². The van der Waals surface area contributed by atoms with E-state index in [0.29, 0.717) is 11.1 Å². The highest BCUT2D eigenvalue weighted by molar-refractivity contribution is 6.21. The van der Waals surface area contributed by atoms with Crippen LogP contribution in [0.3, 0.4) is 0 Å². The topological polar surface area (TPSA) is 67.9 Å². The fourth-order valence-electron chi connectivity index (χ4n) is 2.29. The first-order valence-electron chi connectivity index (χ1n) is 6.28. The fraction of sp³-hybridized carbons (Fsp3) is 0.429. The van der Waals surface area contributed by atoms with Crippen LogP contribution in [0.2, 0.25) is 0 Å². The lowest BCUT2D eigenvalue weighted by Crippen LogP contribution is -2.33. The number of amides is 2. The molecule has 0 saturated carbocycles. The lowest BCUT2D eigenvalue weighted by Gasteiger charge is -2.23. The van der Waals surface area contributed by atoms with E-state index in [1.165, 1.54) is 7.05 Å². The van der Waals surface area contributed by atoms with Crippen molar-refractivity contribution in [3.63, 3.8) is 0 Å². The van der Waals surface area contributed by atoms with Crippen LogP contribution in [0.25, 0.3) is 0 Å². The van der Waals surface area contributed by atoms with Crippen molar-refractivity contribution >= 4 is 17.5 Å². The Bertz CT molecular complexity index is 540. The third kappa shape index (κ3) is 2.39. The van der Waals surface area contributed by atoms with Crippen LogP contribution in [0.1, 0.15) is 27.6 Å². The molecule has 2 amide bonds. The number of fused-ring (bicyclic) bond motifs is 1. The number of benzene rings is 1. The SMILES string of the molecule is COC(OC)C(C)Nc1ccc2c(c1)C(=O)N(C)C2=O. The first kappa shape index (κ1) is 14.5. The maximum Gasteiger partial charge on any atom is 0.261 e. The van der Waals surface area contributed by atoms with Gasteiger partial charge in [0.05, 0.1) is 17.2 Å². The number of rotatable bonds is 5. The smallest absolute Gasteiger partial charge is 0.261 e. The molecule has 0 aromatic heterocycles. The molecule has 1 aromatic rings. The largest absolute Gasteiger partial charge is 0.377 e. The number of carbonyl (C=O) groups excluding carboxylic acids is 2. The lowest BCUT2D eigenvalue weighted by atomic mass is 10.1. The van der Waals surface area contributed by atoms with Gasteiger partial charge in [-0.3, -0.25) is 14.5 Å². The Morgan fingerprint density at radius 1 is 1.10 bits per heavy atom. The molecular weight excluding hydrogens is 260 g/mol. The number of anilines is 1. The molecule has 0 aliphatic carbocycles. The number of nitrogens with one attached hydrogen (secondary N) is 1. The van der Waals surface area contributed by atoms with Gasteiger partial charge in [0.1, 0.15) is 0 Å². The third-order valence-electron chi connectivity index (χ3n) is 3.36. The van der Waals surface area contributed by atoms with Gasteiger partial charge in [0.25, 0.3) is 11.8 Å². The Hall–Kier alpha value is -1.92. The molecule has 1 atom stereocenters. The van der Waals surface area contributed by atoms with Crippen molar-refractivity contribution in [2.45, 2.75) is 19.3 Å². The zero-order valence-corrected chi connectivity index (χ0v) is 12.0. The molecule has 1 aliphatic rings. The van der Waals surface area contributed by atoms with Crippen molar-refractivity contribution in [2.75, 3.05) is 26.6 Å². The summed E-state index contributed by atoms with van der Waals surface area (Å²) in [4.78, 5) is 24.8. The van der Waals surface area contributed by atoms with E-state index < -0.39 is 6.29 Å². The van der Waals surface area contributed by atoms with E-state index in [2.05, 4.69) is 5.32 Å². The molecule has 6 nitrogen and oxygen atoms in total. The number of imide groups is 1. The summed E-state index contributed by atoms with van der Waals surface area (Å²) in [5, 5.41) is 3.19. The first-order valence-corrected chi connectivity index (χ1v) is 6.28. The van der Waals surface area contributed by atoms with Gasteiger partial charge >= 0.3 is 0 Å². The fourth-order valence-corrected chi connectivity index (χ4v) is 2.29. The molecule has 0 radical (unpaired) electrons. The number of ether oxygens (including phenoxy) is 2. The van der Waals surface area contributed by atoms with Crippen LogP contribution in [0, 0.1) is 0 Å². The highest BCUT2D eigenvalue weighted by Crippen LogP contribution is 2.25. The Balaban J connectivity index is 2.21. The average molecular weight is 278 g/mol. The zero-order valence-electron chi connectivity index (χ0n) is 12.0. The number of hydrogen-bond donors (Lipinski definition) is 1. The van der Waals surface area contributed by atoms with E-state index in [4.69, 9.17) is 9.47 Å². The van der Waals surface area contributed by atoms with E-state index >= 15 is 0 Å². The molecule has 1 unspecified atom stereocenters. The summed E-state index contributed by atoms with van der Waals surface area (Å²) in [6.45, 7) is 1.91. The van der Waals surface area contributed by atoms with Crippen molar-refractivity contribution in [1.29, 1.82) is 0 Å². The van der Waals surface area contributed by atoms with Crippen LogP contribution in [-0.4, -0.2) is 50.3 Å². The molecule has 6 heteroatoms. The number of methoxy groups -OCH3 is 2. The predicted molar refractivity (Wildman–Crippen MR) is 73.8 cm³/mol. The van der Waals surface area contributed by atoms with Crippen molar-refractivity contribution in [2.24, 2.45) is 0 Å². The van der Waals surface area contributed by atoms with Crippen molar-refractivity contribution in [3.8, 4) is 0 Å². The Labute approximate surface area is 117 Å². The van der Waals surface area contributed by atoms with Gasteiger partial charge in [0.2, 0.25) is 0 Å². The Morgan fingerprint density at radius 2 is 1.70 bits per heavy atom. The molecule has 1 aliphatic heterocycles. The molecule has 0 spiro atoms. The van der Waals surface area contributed by atoms with Crippen molar-refractivity contribution in [1.82, 2.24) is 4.90 Å². The second kappa shape index (κ2) is 5.60. The summed E-state index contributed by atoms with van der Waals surface area (Å²) < 4.78 is 10.3. The van der Waals surface area contributed by atoms with Gasteiger partial charge in [-0.25, -0.2) is 0 Å². The second-order valence-corrected chi connectivity index (χ2v) is 4.70.